The van der Waals surface area contributed by atoms with E-state index in [1.807, 2.05) is 19.1 Å². The van der Waals surface area contributed by atoms with Crippen molar-refractivity contribution in [3.05, 3.63) is 35.4 Å². The first-order chi connectivity index (χ1) is 9.21. The van der Waals surface area contributed by atoms with Gasteiger partial charge in [-0.1, -0.05) is 44.2 Å². The van der Waals surface area contributed by atoms with Gasteiger partial charge in [0.05, 0.1) is 7.11 Å². The maximum absolute atomic E-state index is 11.4. The molecule has 1 aromatic carbocycles. The van der Waals surface area contributed by atoms with Crippen LogP contribution in [-0.2, 0) is 16.0 Å². The molecule has 0 saturated heterocycles. The minimum absolute atomic E-state index is 0.255. The molecule has 0 radical (unpaired) electrons. The molecule has 0 heterocycles. The molecule has 1 aromatic rings. The first kappa shape index (κ1) is 15.3. The average molecular weight is 258 g/mol. The van der Waals surface area contributed by atoms with Crippen LogP contribution in [0.1, 0.15) is 44.2 Å². The van der Waals surface area contributed by atoms with E-state index in [9.17, 15) is 4.79 Å². The fraction of sp³-hybridized carbons (Fsp3) is 0.471. The third-order valence-electron chi connectivity index (χ3n) is 3.06. The first-order valence-corrected chi connectivity index (χ1v) is 6.89. The van der Waals surface area contributed by atoms with Crippen LogP contribution in [0.5, 0.6) is 0 Å². The van der Waals surface area contributed by atoms with E-state index in [2.05, 4.69) is 30.9 Å². The van der Waals surface area contributed by atoms with E-state index in [1.54, 1.807) is 0 Å². The normalized spacial score (nSPS) is 11.3. The SMILES string of the molecule is CCCCc1ccc(C#CC(CC)C(=O)OC)cc1. The number of ether oxygens (including phenoxy) is 1. The Kier molecular flexibility index (Phi) is 6.74. The smallest absolute Gasteiger partial charge is 0.320 e. The lowest BCUT2D eigenvalue weighted by atomic mass is 10.0. The fourth-order valence-electron chi connectivity index (χ4n) is 1.78. The summed E-state index contributed by atoms with van der Waals surface area (Å²) in [5.74, 6) is 5.43. The zero-order chi connectivity index (χ0) is 14.1. The number of unbranched alkanes of at least 4 members (excludes halogenated alkanes) is 1. The van der Waals surface area contributed by atoms with E-state index >= 15 is 0 Å². The summed E-state index contributed by atoms with van der Waals surface area (Å²) in [4.78, 5) is 11.4. The molecule has 0 bridgehead atoms. The van der Waals surface area contributed by atoms with Crippen LogP contribution in [0.3, 0.4) is 0 Å². The molecule has 102 valence electrons. The molecule has 19 heavy (non-hydrogen) atoms. The lowest BCUT2D eigenvalue weighted by Crippen LogP contribution is -2.13. The van der Waals surface area contributed by atoms with Gasteiger partial charge in [-0.15, -0.1) is 0 Å². The minimum Gasteiger partial charge on any atom is -0.468 e. The van der Waals surface area contributed by atoms with Gasteiger partial charge in [-0.2, -0.15) is 0 Å². The van der Waals surface area contributed by atoms with Crippen molar-refractivity contribution in [1.82, 2.24) is 0 Å². The third kappa shape index (κ3) is 5.18. The van der Waals surface area contributed by atoms with Gasteiger partial charge in [0, 0.05) is 5.56 Å². The molecule has 0 fully saturated rings. The second-order valence-electron chi connectivity index (χ2n) is 4.55. The number of rotatable bonds is 5. The lowest BCUT2D eigenvalue weighted by Gasteiger charge is -2.04. The molecule has 1 unspecified atom stereocenters. The molecule has 0 aliphatic carbocycles. The van der Waals surface area contributed by atoms with Gasteiger partial charge in [0.25, 0.3) is 0 Å². The summed E-state index contributed by atoms with van der Waals surface area (Å²) in [6.45, 7) is 4.13. The zero-order valence-corrected chi connectivity index (χ0v) is 12.0. The number of hydrogen-bond donors (Lipinski definition) is 0. The molecule has 0 spiro atoms. The van der Waals surface area contributed by atoms with Crippen molar-refractivity contribution in [3.8, 4) is 11.8 Å². The number of aryl methyl sites for hydroxylation is 1. The summed E-state index contributed by atoms with van der Waals surface area (Å²) in [6, 6.07) is 8.25. The van der Waals surface area contributed by atoms with Gasteiger partial charge in [-0.3, -0.25) is 4.79 Å². The predicted molar refractivity (Wildman–Crippen MR) is 77.7 cm³/mol. The Hall–Kier alpha value is -1.75. The minimum atomic E-state index is -0.329. The molecule has 1 rings (SSSR count). The number of methoxy groups -OCH3 is 1. The van der Waals surface area contributed by atoms with E-state index in [1.165, 1.54) is 25.5 Å². The Labute approximate surface area is 116 Å². The molecular formula is C17H22O2. The molecule has 0 aromatic heterocycles. The van der Waals surface area contributed by atoms with Crippen LogP contribution in [0.4, 0.5) is 0 Å². The first-order valence-electron chi connectivity index (χ1n) is 6.89. The summed E-state index contributed by atoms with van der Waals surface area (Å²) >= 11 is 0. The van der Waals surface area contributed by atoms with Crippen molar-refractivity contribution in [3.63, 3.8) is 0 Å². The van der Waals surface area contributed by atoms with Gasteiger partial charge >= 0.3 is 5.97 Å². The van der Waals surface area contributed by atoms with Crippen LogP contribution in [0.2, 0.25) is 0 Å². The second kappa shape index (κ2) is 8.37. The van der Waals surface area contributed by atoms with Crippen LogP contribution in [0, 0.1) is 17.8 Å². The van der Waals surface area contributed by atoms with Gasteiger partial charge in [0.1, 0.15) is 5.92 Å². The lowest BCUT2D eigenvalue weighted by molar-refractivity contribution is -0.143. The Morgan fingerprint density at radius 2 is 1.95 bits per heavy atom. The van der Waals surface area contributed by atoms with Crippen molar-refractivity contribution >= 4 is 5.97 Å². The Morgan fingerprint density at radius 3 is 2.47 bits per heavy atom. The highest BCUT2D eigenvalue weighted by atomic mass is 16.5. The monoisotopic (exact) mass is 258 g/mol. The Morgan fingerprint density at radius 1 is 1.26 bits per heavy atom. The van der Waals surface area contributed by atoms with Gasteiger partial charge in [-0.25, -0.2) is 0 Å². The maximum atomic E-state index is 11.4. The van der Waals surface area contributed by atoms with Crippen molar-refractivity contribution in [1.29, 1.82) is 0 Å². The average Bonchev–Trinajstić information content (AvgIpc) is 2.46. The summed E-state index contributed by atoms with van der Waals surface area (Å²) in [7, 11) is 1.40. The standard InChI is InChI=1S/C17H22O2/c1-4-6-7-14-8-10-15(11-9-14)12-13-16(5-2)17(18)19-3/h8-11,16H,4-7H2,1-3H3. The van der Waals surface area contributed by atoms with E-state index in [0.717, 1.165) is 12.0 Å². The van der Waals surface area contributed by atoms with Crippen molar-refractivity contribution in [2.45, 2.75) is 39.5 Å². The van der Waals surface area contributed by atoms with E-state index < -0.39 is 0 Å². The van der Waals surface area contributed by atoms with Gasteiger partial charge in [-0.05, 0) is 37.0 Å². The van der Waals surface area contributed by atoms with Crippen molar-refractivity contribution < 1.29 is 9.53 Å². The van der Waals surface area contributed by atoms with Crippen LogP contribution < -0.4 is 0 Å². The van der Waals surface area contributed by atoms with Gasteiger partial charge < -0.3 is 4.74 Å². The fourth-order valence-corrected chi connectivity index (χ4v) is 1.78. The topological polar surface area (TPSA) is 26.3 Å². The van der Waals surface area contributed by atoms with Crippen molar-refractivity contribution in [2.24, 2.45) is 5.92 Å². The molecule has 0 amide bonds. The summed E-state index contributed by atoms with van der Waals surface area (Å²) < 4.78 is 4.71. The second-order valence-corrected chi connectivity index (χ2v) is 4.55. The van der Waals surface area contributed by atoms with Crippen LogP contribution in [0.25, 0.3) is 0 Å². The van der Waals surface area contributed by atoms with Crippen LogP contribution in [-0.4, -0.2) is 13.1 Å². The number of carbonyl (C=O) groups is 1. The third-order valence-corrected chi connectivity index (χ3v) is 3.06. The highest BCUT2D eigenvalue weighted by Gasteiger charge is 2.12. The quantitative estimate of drug-likeness (QED) is 0.596. The molecule has 2 heteroatoms. The number of esters is 1. The number of carbonyl (C=O) groups excluding carboxylic acids is 1. The van der Waals surface area contributed by atoms with Crippen LogP contribution in [0.15, 0.2) is 24.3 Å². The van der Waals surface area contributed by atoms with Crippen molar-refractivity contribution in [2.75, 3.05) is 7.11 Å². The highest BCUT2D eigenvalue weighted by Crippen LogP contribution is 2.08. The van der Waals surface area contributed by atoms with Gasteiger partial charge in [0.2, 0.25) is 0 Å². The number of benzene rings is 1. The van der Waals surface area contributed by atoms with Gasteiger partial charge in [0.15, 0.2) is 0 Å². The molecule has 0 aliphatic rings. The number of hydrogen-bond acceptors (Lipinski definition) is 2. The highest BCUT2D eigenvalue weighted by molar-refractivity contribution is 5.75. The van der Waals surface area contributed by atoms with E-state index in [-0.39, 0.29) is 11.9 Å². The summed E-state index contributed by atoms with van der Waals surface area (Å²) in [6.07, 6.45) is 4.21. The molecular weight excluding hydrogens is 236 g/mol. The molecule has 0 aliphatic heterocycles. The summed E-state index contributed by atoms with van der Waals surface area (Å²) in [5.41, 5.74) is 2.29. The van der Waals surface area contributed by atoms with Crippen LogP contribution >= 0.6 is 0 Å². The summed E-state index contributed by atoms with van der Waals surface area (Å²) in [5, 5.41) is 0. The molecule has 0 saturated carbocycles. The molecule has 0 N–H and O–H groups in total. The Balaban J connectivity index is 2.69. The largest absolute Gasteiger partial charge is 0.468 e. The molecule has 1 atom stereocenters. The predicted octanol–water partition coefficient (Wildman–Crippen LogP) is 3.58. The van der Waals surface area contributed by atoms with E-state index in [4.69, 9.17) is 4.74 Å². The molecule has 2 nitrogen and oxygen atoms in total. The maximum Gasteiger partial charge on any atom is 0.320 e. The zero-order valence-electron chi connectivity index (χ0n) is 12.0. The van der Waals surface area contributed by atoms with E-state index in [0.29, 0.717) is 6.42 Å². The Bertz CT molecular complexity index is 448.